The molecule has 25 heavy (non-hydrogen) atoms. The summed E-state index contributed by atoms with van der Waals surface area (Å²) in [5, 5.41) is 5.91. The van der Waals surface area contributed by atoms with Gasteiger partial charge < -0.3 is 4.90 Å². The van der Waals surface area contributed by atoms with Crippen molar-refractivity contribution >= 4 is 50.6 Å². The van der Waals surface area contributed by atoms with Gasteiger partial charge in [-0.15, -0.1) is 16.4 Å². The van der Waals surface area contributed by atoms with E-state index < -0.39 is 0 Å². The van der Waals surface area contributed by atoms with Gasteiger partial charge in [0.2, 0.25) is 0 Å². The lowest BCUT2D eigenvalue weighted by molar-refractivity contribution is 0.0716. The van der Waals surface area contributed by atoms with E-state index in [0.29, 0.717) is 10.8 Å². The highest BCUT2D eigenvalue weighted by atomic mass is 35.5. The molecule has 1 fully saturated rings. The Hall–Kier alpha value is -1.57. The molecule has 130 valence electrons. The predicted molar refractivity (Wildman–Crippen MR) is 102 cm³/mol. The van der Waals surface area contributed by atoms with Crippen LogP contribution in [0.5, 0.6) is 0 Å². The number of benzene rings is 1. The van der Waals surface area contributed by atoms with E-state index in [0.717, 1.165) is 53.6 Å². The average Bonchev–Trinajstić information content (AvgIpc) is 3.27. The van der Waals surface area contributed by atoms with Crippen LogP contribution in [0.2, 0.25) is 5.02 Å². The van der Waals surface area contributed by atoms with E-state index in [-0.39, 0.29) is 5.91 Å². The summed E-state index contributed by atoms with van der Waals surface area (Å²) < 4.78 is 5.10. The third-order valence-corrected chi connectivity index (χ3v) is 6.77. The SMILES string of the molecule is CCc1nnsc1C(=O)N1CCC(c2nc3cc(Cl)ccc3s2)CC1. The number of thiazole rings is 1. The van der Waals surface area contributed by atoms with Crippen LogP contribution in [-0.2, 0) is 6.42 Å². The maximum atomic E-state index is 12.7. The zero-order valence-corrected chi connectivity index (χ0v) is 16.1. The minimum absolute atomic E-state index is 0.0707. The molecule has 1 aliphatic heterocycles. The first-order valence-corrected chi connectivity index (χ1v) is 10.3. The second kappa shape index (κ2) is 6.97. The Kier molecular flexibility index (Phi) is 4.71. The van der Waals surface area contributed by atoms with Crippen LogP contribution >= 0.6 is 34.5 Å². The summed E-state index contributed by atoms with van der Waals surface area (Å²) in [5.41, 5.74) is 1.77. The smallest absolute Gasteiger partial charge is 0.267 e. The third kappa shape index (κ3) is 3.28. The summed E-state index contributed by atoms with van der Waals surface area (Å²) in [5.74, 6) is 0.479. The van der Waals surface area contributed by atoms with E-state index in [9.17, 15) is 4.79 Å². The van der Waals surface area contributed by atoms with Crippen LogP contribution in [0.1, 0.15) is 46.1 Å². The van der Waals surface area contributed by atoms with Gasteiger partial charge in [0.15, 0.2) is 0 Å². The number of aryl methyl sites for hydroxylation is 1. The first-order chi connectivity index (χ1) is 12.2. The number of hydrogen-bond acceptors (Lipinski definition) is 6. The molecule has 3 aromatic rings. The van der Waals surface area contributed by atoms with Crippen LogP contribution in [0, 0.1) is 0 Å². The molecule has 5 nitrogen and oxygen atoms in total. The van der Waals surface area contributed by atoms with Crippen molar-refractivity contribution in [3.05, 3.63) is 38.8 Å². The van der Waals surface area contributed by atoms with Gasteiger partial charge in [-0.1, -0.05) is 23.0 Å². The number of likely N-dealkylation sites (tertiary alicyclic amines) is 1. The Bertz CT molecular complexity index is 914. The van der Waals surface area contributed by atoms with Crippen LogP contribution in [-0.4, -0.2) is 38.5 Å². The molecular weight excluding hydrogens is 376 g/mol. The van der Waals surface area contributed by atoms with Gasteiger partial charge in [0.1, 0.15) is 4.88 Å². The van der Waals surface area contributed by atoms with Gasteiger partial charge in [0, 0.05) is 24.0 Å². The molecule has 3 heterocycles. The number of carbonyl (C=O) groups is 1. The van der Waals surface area contributed by atoms with E-state index in [1.165, 1.54) is 16.2 Å². The van der Waals surface area contributed by atoms with Crippen molar-refractivity contribution < 1.29 is 4.79 Å². The van der Waals surface area contributed by atoms with Crippen molar-refractivity contribution in [2.45, 2.75) is 32.1 Å². The minimum Gasteiger partial charge on any atom is -0.338 e. The van der Waals surface area contributed by atoms with Crippen molar-refractivity contribution in [2.75, 3.05) is 13.1 Å². The summed E-state index contributed by atoms with van der Waals surface area (Å²) in [4.78, 5) is 20.1. The highest BCUT2D eigenvalue weighted by Gasteiger charge is 2.28. The van der Waals surface area contributed by atoms with Crippen LogP contribution in [0.3, 0.4) is 0 Å². The molecule has 8 heteroatoms. The van der Waals surface area contributed by atoms with E-state index in [1.54, 1.807) is 11.3 Å². The molecule has 1 saturated heterocycles. The van der Waals surface area contributed by atoms with Gasteiger partial charge >= 0.3 is 0 Å². The van der Waals surface area contributed by atoms with Gasteiger partial charge in [-0.05, 0) is 49.0 Å². The number of aromatic nitrogens is 3. The Morgan fingerprint density at radius 1 is 1.36 bits per heavy atom. The lowest BCUT2D eigenvalue weighted by Crippen LogP contribution is -2.37. The molecule has 0 aliphatic carbocycles. The average molecular weight is 393 g/mol. The number of nitrogens with zero attached hydrogens (tertiary/aromatic N) is 4. The summed E-state index contributed by atoms with van der Waals surface area (Å²) >= 11 is 8.99. The van der Waals surface area contributed by atoms with Crippen LogP contribution in [0.25, 0.3) is 10.2 Å². The quantitative estimate of drug-likeness (QED) is 0.663. The summed E-state index contributed by atoms with van der Waals surface area (Å²) in [7, 11) is 0. The molecule has 0 spiro atoms. The van der Waals surface area contributed by atoms with Crippen molar-refractivity contribution in [3.8, 4) is 0 Å². The number of carbonyl (C=O) groups excluding carboxylic acids is 1. The van der Waals surface area contributed by atoms with Gasteiger partial charge in [0.25, 0.3) is 5.91 Å². The molecule has 1 aliphatic rings. The lowest BCUT2D eigenvalue weighted by atomic mass is 9.97. The van der Waals surface area contributed by atoms with Crippen LogP contribution < -0.4 is 0 Å². The molecule has 0 N–H and O–H groups in total. The summed E-state index contributed by atoms with van der Waals surface area (Å²) in [6.07, 6.45) is 2.61. The van der Waals surface area contributed by atoms with Crippen LogP contribution in [0.15, 0.2) is 18.2 Å². The Morgan fingerprint density at radius 2 is 2.16 bits per heavy atom. The first kappa shape index (κ1) is 16.9. The molecule has 0 radical (unpaired) electrons. The topological polar surface area (TPSA) is 59.0 Å². The number of piperidine rings is 1. The van der Waals surface area contributed by atoms with Gasteiger partial charge in [-0.3, -0.25) is 4.79 Å². The second-order valence-corrected chi connectivity index (χ2v) is 8.39. The highest BCUT2D eigenvalue weighted by Crippen LogP contribution is 2.35. The molecule has 0 unspecified atom stereocenters. The highest BCUT2D eigenvalue weighted by molar-refractivity contribution is 7.18. The monoisotopic (exact) mass is 392 g/mol. The largest absolute Gasteiger partial charge is 0.338 e. The normalized spacial score (nSPS) is 15.8. The van der Waals surface area contributed by atoms with Crippen molar-refractivity contribution in [1.29, 1.82) is 0 Å². The standard InChI is InChI=1S/C17H17ClN4OS2/c1-2-12-15(25-21-20-12)17(23)22-7-5-10(6-8-22)16-19-13-9-11(18)3-4-14(13)24-16/h3-4,9-10H,2,5-8H2,1H3. The zero-order valence-electron chi connectivity index (χ0n) is 13.7. The fourth-order valence-corrected chi connectivity index (χ4v) is 5.17. The predicted octanol–water partition coefficient (Wildman–Crippen LogP) is 4.38. The number of rotatable bonds is 3. The molecule has 1 aromatic carbocycles. The maximum absolute atomic E-state index is 12.7. The van der Waals surface area contributed by atoms with E-state index in [2.05, 4.69) is 9.59 Å². The Balaban J connectivity index is 1.46. The summed E-state index contributed by atoms with van der Waals surface area (Å²) in [6.45, 7) is 3.50. The molecule has 4 rings (SSSR count). The van der Waals surface area contributed by atoms with Gasteiger partial charge in [0.05, 0.1) is 20.9 Å². The third-order valence-electron chi connectivity index (χ3n) is 4.58. The fourth-order valence-electron chi connectivity index (χ4n) is 3.17. The Labute approximate surface area is 158 Å². The minimum atomic E-state index is 0.0707. The molecule has 0 bridgehead atoms. The van der Waals surface area contributed by atoms with Gasteiger partial charge in [-0.25, -0.2) is 4.98 Å². The van der Waals surface area contributed by atoms with Gasteiger partial charge in [-0.2, -0.15) is 0 Å². The maximum Gasteiger partial charge on any atom is 0.267 e. The van der Waals surface area contributed by atoms with Crippen molar-refractivity contribution in [3.63, 3.8) is 0 Å². The fraction of sp³-hybridized carbons (Fsp3) is 0.412. The number of hydrogen-bond donors (Lipinski definition) is 0. The molecular formula is C17H17ClN4OS2. The molecule has 2 aromatic heterocycles. The lowest BCUT2D eigenvalue weighted by Gasteiger charge is -2.30. The first-order valence-electron chi connectivity index (χ1n) is 8.32. The molecule has 1 amide bonds. The van der Waals surface area contributed by atoms with E-state index >= 15 is 0 Å². The number of halogens is 1. The zero-order chi connectivity index (χ0) is 17.4. The molecule has 0 saturated carbocycles. The van der Waals surface area contributed by atoms with E-state index in [1.807, 2.05) is 30.0 Å². The number of fused-ring (bicyclic) bond motifs is 1. The summed E-state index contributed by atoms with van der Waals surface area (Å²) in [6, 6.07) is 5.85. The number of amides is 1. The van der Waals surface area contributed by atoms with E-state index in [4.69, 9.17) is 16.6 Å². The van der Waals surface area contributed by atoms with Crippen LogP contribution in [0.4, 0.5) is 0 Å². The molecule has 0 atom stereocenters. The second-order valence-electron chi connectivity index (χ2n) is 6.13. The Morgan fingerprint density at radius 3 is 2.92 bits per heavy atom. The van der Waals surface area contributed by atoms with Crippen molar-refractivity contribution in [2.24, 2.45) is 0 Å². The van der Waals surface area contributed by atoms with Crippen molar-refractivity contribution in [1.82, 2.24) is 19.5 Å².